The second-order valence-electron chi connectivity index (χ2n) is 8.25. The third kappa shape index (κ3) is 4.58. The molecule has 4 rings (SSSR count). The van der Waals surface area contributed by atoms with Crippen molar-refractivity contribution in [3.63, 3.8) is 0 Å². The van der Waals surface area contributed by atoms with Crippen LogP contribution in [0.5, 0.6) is 0 Å². The molecule has 35 heavy (non-hydrogen) atoms. The fraction of sp³-hybridized carbons (Fsp3) is 0.364. The van der Waals surface area contributed by atoms with Crippen LogP contribution in [-0.2, 0) is 12.4 Å². The molecule has 0 spiro atoms. The van der Waals surface area contributed by atoms with E-state index >= 15 is 0 Å². The van der Waals surface area contributed by atoms with Gasteiger partial charge in [0.1, 0.15) is 11.5 Å². The van der Waals surface area contributed by atoms with E-state index in [9.17, 15) is 31.1 Å². The molecule has 6 nitrogen and oxygen atoms in total. The number of aromatic nitrogens is 1. The van der Waals surface area contributed by atoms with Gasteiger partial charge in [0.25, 0.3) is 5.91 Å². The first-order valence-corrected chi connectivity index (χ1v) is 10.8. The van der Waals surface area contributed by atoms with E-state index in [1.165, 1.54) is 15.9 Å². The SMILES string of the molecule is N=C(c1cc(C(F)(F)F)ccn1)N1CC2CCCC(C1=N)N2C(=O)c1cccc(C(F)(F)F)c1Cl. The normalized spacial score (nSPS) is 20.7. The second-order valence-corrected chi connectivity index (χ2v) is 8.63. The highest BCUT2D eigenvalue weighted by Crippen LogP contribution is 2.38. The third-order valence-corrected chi connectivity index (χ3v) is 6.52. The number of carbonyl (C=O) groups is 1. The predicted octanol–water partition coefficient (Wildman–Crippen LogP) is 5.45. The maximum absolute atomic E-state index is 13.3. The van der Waals surface area contributed by atoms with E-state index in [0.29, 0.717) is 25.3 Å². The minimum Gasteiger partial charge on any atom is -0.324 e. The van der Waals surface area contributed by atoms with Gasteiger partial charge in [-0.1, -0.05) is 17.7 Å². The number of alkyl halides is 6. The van der Waals surface area contributed by atoms with Crippen molar-refractivity contribution in [1.82, 2.24) is 14.8 Å². The van der Waals surface area contributed by atoms with Gasteiger partial charge in [0.05, 0.1) is 33.8 Å². The molecule has 13 heteroatoms. The molecule has 0 aliphatic carbocycles. The summed E-state index contributed by atoms with van der Waals surface area (Å²) in [6.07, 6.45) is -7.12. The van der Waals surface area contributed by atoms with Crippen molar-refractivity contribution in [2.45, 2.75) is 43.7 Å². The standard InChI is InChI=1S/C22H18ClF6N5O/c23-17-13(4-2-5-14(17)22(27,28)29)20(35)34-12-3-1-6-16(34)19(31)33(10-12)18(30)15-9-11(7-8-32-15)21(24,25)26/h2,4-5,7-9,12,16,30-31H,1,3,6,10H2. The van der Waals surface area contributed by atoms with Crippen molar-refractivity contribution >= 4 is 29.2 Å². The number of nitrogens with zero attached hydrogens (tertiary/aromatic N) is 3. The summed E-state index contributed by atoms with van der Waals surface area (Å²) in [6, 6.07) is 3.04. The largest absolute Gasteiger partial charge is 0.417 e. The van der Waals surface area contributed by atoms with Crippen molar-refractivity contribution in [3.8, 4) is 0 Å². The number of piperazine rings is 1. The van der Waals surface area contributed by atoms with Crippen LogP contribution in [0.15, 0.2) is 36.5 Å². The number of piperidine rings is 1. The second kappa shape index (κ2) is 8.81. The number of fused-ring (bicyclic) bond motifs is 2. The van der Waals surface area contributed by atoms with Crippen LogP contribution < -0.4 is 0 Å². The molecule has 2 N–H and O–H groups in total. The van der Waals surface area contributed by atoms with Gasteiger partial charge in [-0.2, -0.15) is 26.3 Å². The van der Waals surface area contributed by atoms with Gasteiger partial charge >= 0.3 is 12.4 Å². The highest BCUT2D eigenvalue weighted by Gasteiger charge is 2.46. The molecule has 1 amide bonds. The van der Waals surface area contributed by atoms with Crippen molar-refractivity contribution in [1.29, 1.82) is 10.8 Å². The molecule has 1 aromatic heterocycles. The van der Waals surface area contributed by atoms with Gasteiger partial charge in [-0.25, -0.2) is 0 Å². The van der Waals surface area contributed by atoms with E-state index in [1.807, 2.05) is 0 Å². The fourth-order valence-electron chi connectivity index (χ4n) is 4.47. The maximum atomic E-state index is 13.3. The molecule has 2 saturated heterocycles. The summed E-state index contributed by atoms with van der Waals surface area (Å²) < 4.78 is 79.1. The van der Waals surface area contributed by atoms with Crippen LogP contribution in [0.3, 0.4) is 0 Å². The number of amides is 1. The van der Waals surface area contributed by atoms with Gasteiger partial charge < -0.3 is 9.80 Å². The zero-order chi connectivity index (χ0) is 25.7. The number of hydrogen-bond donors (Lipinski definition) is 2. The lowest BCUT2D eigenvalue weighted by Gasteiger charge is -2.50. The Kier molecular flexibility index (Phi) is 6.28. The number of rotatable bonds is 2. The van der Waals surface area contributed by atoms with Crippen LogP contribution in [0, 0.1) is 10.8 Å². The molecule has 0 radical (unpaired) electrons. The zero-order valence-electron chi connectivity index (χ0n) is 17.8. The summed E-state index contributed by atoms with van der Waals surface area (Å²) in [4.78, 5) is 19.7. The van der Waals surface area contributed by atoms with Gasteiger partial charge in [-0.05, 0) is 43.5 Å². The summed E-state index contributed by atoms with van der Waals surface area (Å²) in [5, 5.41) is 16.3. The van der Waals surface area contributed by atoms with Gasteiger partial charge in [0.15, 0.2) is 5.84 Å². The van der Waals surface area contributed by atoms with Crippen molar-refractivity contribution in [2.75, 3.05) is 6.54 Å². The highest BCUT2D eigenvalue weighted by molar-refractivity contribution is 6.34. The number of hydrogen-bond acceptors (Lipinski definition) is 4. The van der Waals surface area contributed by atoms with Crippen LogP contribution >= 0.6 is 11.6 Å². The lowest BCUT2D eigenvalue weighted by molar-refractivity contribution is -0.138. The minimum absolute atomic E-state index is 0.0889. The number of amidine groups is 2. The quantitative estimate of drug-likeness (QED) is 0.315. The summed E-state index contributed by atoms with van der Waals surface area (Å²) >= 11 is 5.95. The third-order valence-electron chi connectivity index (χ3n) is 6.11. The van der Waals surface area contributed by atoms with E-state index in [1.54, 1.807) is 0 Å². The highest BCUT2D eigenvalue weighted by atomic mass is 35.5. The van der Waals surface area contributed by atoms with E-state index in [2.05, 4.69) is 4.98 Å². The molecule has 2 aliphatic rings. The number of likely N-dealkylation sites (tertiary alicyclic amines) is 1. The summed E-state index contributed by atoms with van der Waals surface area (Å²) in [5.41, 5.74) is -2.79. The Bertz CT molecular complexity index is 1200. The average Bonchev–Trinajstić information content (AvgIpc) is 2.79. The zero-order valence-corrected chi connectivity index (χ0v) is 18.6. The Morgan fingerprint density at radius 3 is 2.46 bits per heavy atom. The number of nitrogens with one attached hydrogen (secondary N) is 2. The lowest BCUT2D eigenvalue weighted by atomic mass is 9.89. The number of benzene rings is 1. The molecule has 0 saturated carbocycles. The van der Waals surface area contributed by atoms with Crippen LogP contribution in [0.25, 0.3) is 0 Å². The van der Waals surface area contributed by atoms with Crippen molar-refractivity contribution < 1.29 is 31.1 Å². The number of halogens is 7. The Hall–Kier alpha value is -3.15. The first-order valence-electron chi connectivity index (χ1n) is 10.5. The first kappa shape index (κ1) is 25.0. The van der Waals surface area contributed by atoms with E-state index in [0.717, 1.165) is 24.4 Å². The average molecular weight is 518 g/mol. The smallest absolute Gasteiger partial charge is 0.324 e. The maximum Gasteiger partial charge on any atom is 0.417 e. The van der Waals surface area contributed by atoms with Crippen molar-refractivity contribution in [3.05, 3.63) is 63.9 Å². The monoisotopic (exact) mass is 517 g/mol. The molecule has 2 aromatic rings. The van der Waals surface area contributed by atoms with Gasteiger partial charge in [0.2, 0.25) is 0 Å². The van der Waals surface area contributed by atoms with Crippen LogP contribution in [-0.4, -0.2) is 51.0 Å². The van der Waals surface area contributed by atoms with E-state index < -0.39 is 52.3 Å². The Balaban J connectivity index is 1.64. The topological polar surface area (TPSA) is 84.1 Å². The number of pyridine rings is 1. The minimum atomic E-state index is -4.76. The molecule has 2 fully saturated rings. The van der Waals surface area contributed by atoms with Crippen LogP contribution in [0.4, 0.5) is 26.3 Å². The molecule has 2 atom stereocenters. The summed E-state index contributed by atoms with van der Waals surface area (Å²) in [7, 11) is 0. The van der Waals surface area contributed by atoms with Gasteiger partial charge in [-0.3, -0.25) is 20.6 Å². The molecule has 1 aromatic carbocycles. The molecule has 2 unspecified atom stereocenters. The molecular formula is C22H18ClF6N5O. The van der Waals surface area contributed by atoms with Gasteiger partial charge in [0, 0.05) is 12.7 Å². The summed E-state index contributed by atoms with van der Waals surface area (Å²) in [6.45, 7) is -0.0889. The van der Waals surface area contributed by atoms with Crippen LogP contribution in [0.2, 0.25) is 5.02 Å². The van der Waals surface area contributed by atoms with E-state index in [4.69, 9.17) is 22.4 Å². The molecule has 2 aliphatic heterocycles. The van der Waals surface area contributed by atoms with E-state index in [-0.39, 0.29) is 23.6 Å². The molecule has 186 valence electrons. The summed E-state index contributed by atoms with van der Waals surface area (Å²) in [5.74, 6) is -1.42. The van der Waals surface area contributed by atoms with Crippen molar-refractivity contribution in [2.24, 2.45) is 0 Å². The lowest BCUT2D eigenvalue weighted by Crippen LogP contribution is -2.66. The molecule has 3 heterocycles. The Morgan fingerprint density at radius 1 is 1.09 bits per heavy atom. The van der Waals surface area contributed by atoms with Crippen LogP contribution in [0.1, 0.15) is 46.4 Å². The number of carbonyl (C=O) groups excluding carboxylic acids is 1. The predicted molar refractivity (Wildman–Crippen MR) is 115 cm³/mol. The fourth-order valence-corrected chi connectivity index (χ4v) is 4.78. The Labute approximate surface area is 200 Å². The van der Waals surface area contributed by atoms with Gasteiger partial charge in [-0.15, -0.1) is 0 Å². The molecular weight excluding hydrogens is 500 g/mol. The Morgan fingerprint density at radius 2 is 1.80 bits per heavy atom. The molecule has 2 bridgehead atoms. The first-order chi connectivity index (χ1) is 16.3.